The maximum atomic E-state index is 4.26. The third kappa shape index (κ3) is 10.9. The molecule has 0 spiro atoms. The van der Waals surface area contributed by atoms with Gasteiger partial charge in [0, 0.05) is 15.8 Å². The second-order valence-corrected chi connectivity index (χ2v) is 21.9. The molecule has 0 atom stereocenters. The average Bonchev–Trinajstić information content (AvgIpc) is 3.06. The van der Waals surface area contributed by atoms with E-state index < -0.39 is 0 Å². The van der Waals surface area contributed by atoms with Crippen molar-refractivity contribution in [3.8, 4) is 0 Å². The Morgan fingerprint density at radius 3 is 0.500 bits per heavy atom. The Kier molecular flexibility index (Phi) is 17.8. The predicted octanol–water partition coefficient (Wildman–Crippen LogP) is 13.1. The molecule has 4 heteroatoms. The van der Waals surface area contributed by atoms with Crippen LogP contribution in [0.4, 0.5) is 0 Å². The van der Waals surface area contributed by atoms with E-state index in [1.807, 2.05) is 0 Å². The Morgan fingerprint density at radius 1 is 0.250 bits per heavy atom. The normalized spacial score (nSPS) is 27.6. The quantitative estimate of drug-likeness (QED) is 0.197. The third-order valence-electron chi connectivity index (χ3n) is 12.5. The fourth-order valence-electron chi connectivity index (χ4n) is 10.6. The molecular formula is C36H68ClNiP2+2. The second kappa shape index (κ2) is 20.6. The summed E-state index contributed by atoms with van der Waals surface area (Å²) in [5.74, 6) is 0. The number of halogens is 1. The molecule has 0 unspecified atom stereocenters. The standard InChI is InChI=1S/2C18H33P.ClH.Ni/c2*1-4-10-16(11-5-1)19(17-12-6-2-7-13-17)18-14-8-3-9-15-18;;/h2*16-18H,1-15H2;1H;/q;;;+1/p+1. The molecule has 0 saturated heterocycles. The van der Waals surface area contributed by atoms with Crippen LogP contribution in [0.1, 0.15) is 193 Å². The molecule has 6 saturated carbocycles. The first-order valence-corrected chi connectivity index (χ1v) is 23.6. The minimum absolute atomic E-state index is 0.0465. The monoisotopic (exact) mass is 655 g/mol. The van der Waals surface area contributed by atoms with Gasteiger partial charge in [0.25, 0.3) is 0 Å². The first-order chi connectivity index (χ1) is 19.9. The van der Waals surface area contributed by atoms with Crippen molar-refractivity contribution in [1.82, 2.24) is 0 Å². The molecule has 0 nitrogen and oxygen atoms in total. The summed E-state index contributed by atoms with van der Waals surface area (Å²) in [7, 11) is 4.17. The van der Waals surface area contributed by atoms with Gasteiger partial charge in [0.15, 0.2) is 0 Å². The van der Waals surface area contributed by atoms with Gasteiger partial charge in [-0.2, -0.15) is 0 Å². The van der Waals surface area contributed by atoms with Crippen molar-refractivity contribution in [2.45, 2.75) is 227 Å². The summed E-state index contributed by atoms with van der Waals surface area (Å²) in [5, 5.41) is 0. The van der Waals surface area contributed by atoms with E-state index in [-0.39, 0.29) is 15.8 Å². The Morgan fingerprint density at radius 2 is 0.375 bits per heavy atom. The molecule has 6 aliphatic carbocycles. The summed E-state index contributed by atoms with van der Waals surface area (Å²) in [4.78, 5) is 0. The third-order valence-corrected chi connectivity index (χ3v) is 21.6. The fraction of sp³-hybridized carbons (Fsp3) is 1.00. The molecule has 6 fully saturated rings. The molecule has 0 aromatic rings. The molecule has 6 rings (SSSR count). The molecule has 237 valence electrons. The van der Waals surface area contributed by atoms with Crippen LogP contribution >= 0.6 is 26.0 Å². The first-order valence-electron chi connectivity index (χ1n) is 18.8. The van der Waals surface area contributed by atoms with Crippen molar-refractivity contribution in [3.05, 3.63) is 0 Å². The Labute approximate surface area is 266 Å². The molecule has 0 aromatic carbocycles. The number of hydrogen-bond acceptors (Lipinski definition) is 0. The van der Waals surface area contributed by atoms with E-state index in [4.69, 9.17) is 0 Å². The van der Waals surface area contributed by atoms with Crippen molar-refractivity contribution >= 4 is 26.0 Å². The van der Waals surface area contributed by atoms with Gasteiger partial charge in [-0.1, -0.05) is 38.5 Å². The van der Waals surface area contributed by atoms with Crippen molar-refractivity contribution in [3.63, 3.8) is 0 Å². The van der Waals surface area contributed by atoms with E-state index in [1.165, 1.54) is 34.0 Å². The molecule has 0 amide bonds. The van der Waals surface area contributed by atoms with Gasteiger partial charge in [0.1, 0.15) is 0 Å². The molecule has 40 heavy (non-hydrogen) atoms. The summed E-state index contributed by atoms with van der Waals surface area (Å²) in [6.45, 7) is 0. The van der Waals surface area contributed by atoms with Crippen LogP contribution in [0.3, 0.4) is 0 Å². The maximum absolute atomic E-state index is 4.26. The van der Waals surface area contributed by atoms with E-state index >= 15 is 0 Å². The molecule has 0 aromatic heterocycles. The summed E-state index contributed by atoms with van der Waals surface area (Å²) >= 11 is 3.35. The van der Waals surface area contributed by atoms with Crippen LogP contribution in [0, 0.1) is 0 Å². The molecule has 0 N–H and O–H groups in total. The van der Waals surface area contributed by atoms with Crippen LogP contribution in [0.5, 0.6) is 0 Å². The second-order valence-electron chi connectivity index (χ2n) is 15.0. The van der Waals surface area contributed by atoms with E-state index in [9.17, 15) is 0 Å². The van der Waals surface area contributed by atoms with Crippen LogP contribution in [0.2, 0.25) is 0 Å². The van der Waals surface area contributed by atoms with Gasteiger partial charge in [-0.3, -0.25) is 0 Å². The van der Waals surface area contributed by atoms with Gasteiger partial charge < -0.3 is 0 Å². The van der Waals surface area contributed by atoms with Gasteiger partial charge in [0.2, 0.25) is 0 Å². The van der Waals surface area contributed by atoms with Crippen LogP contribution in [-0.2, 0) is 14.6 Å². The Balaban J connectivity index is 0.000000174. The van der Waals surface area contributed by atoms with E-state index in [0.717, 1.165) is 0 Å². The number of rotatable bonds is 6. The van der Waals surface area contributed by atoms with Crippen LogP contribution in [-0.4, -0.2) is 34.0 Å². The summed E-state index contributed by atoms with van der Waals surface area (Å²) in [6.07, 6.45) is 47.6. The minimum atomic E-state index is -0.0465. The predicted molar refractivity (Wildman–Crippen MR) is 184 cm³/mol. The molecule has 0 aliphatic heterocycles. The van der Waals surface area contributed by atoms with Gasteiger partial charge in [-0.05, 0) is 154 Å². The fourth-order valence-corrected chi connectivity index (χ4v) is 21.1. The van der Waals surface area contributed by atoms with Crippen LogP contribution < -0.4 is 0 Å². The van der Waals surface area contributed by atoms with Gasteiger partial charge in [-0.15, -0.1) is 0 Å². The summed E-state index contributed by atoms with van der Waals surface area (Å²) in [6, 6.07) is 0. The Hall–Kier alpha value is 1.64. The zero-order chi connectivity index (χ0) is 27.8. The van der Waals surface area contributed by atoms with E-state index in [2.05, 4.69) is 24.8 Å². The SMILES string of the molecule is C1CCC([PH+](C2CCCCC2)C2CCCCC2)CC1.C1CCC([PH+](C2CCCCC2)C2CCCCC2)CC1.[Cl][Ni]. The van der Waals surface area contributed by atoms with Crippen molar-refractivity contribution < 1.29 is 14.6 Å². The topological polar surface area (TPSA) is 0 Å². The zero-order valence-corrected chi connectivity index (χ0v) is 30.1. The molecule has 6 aliphatic rings. The average molecular weight is 657 g/mol. The van der Waals surface area contributed by atoms with Gasteiger partial charge >= 0.3 is 24.8 Å². The molecule has 0 bridgehead atoms. The zero-order valence-electron chi connectivity index (χ0n) is 26.4. The molecular weight excluding hydrogens is 588 g/mol. The number of hydrogen-bond donors (Lipinski definition) is 0. The van der Waals surface area contributed by atoms with Crippen molar-refractivity contribution in [2.75, 3.05) is 0 Å². The van der Waals surface area contributed by atoms with Gasteiger partial charge in [0.05, 0.1) is 34.0 Å². The summed E-state index contributed by atoms with van der Waals surface area (Å²) in [5.41, 5.74) is 7.36. The van der Waals surface area contributed by atoms with Crippen LogP contribution in [0.15, 0.2) is 0 Å². The first kappa shape index (κ1) is 34.5. The summed E-state index contributed by atoms with van der Waals surface area (Å²) < 4.78 is 0. The van der Waals surface area contributed by atoms with Crippen LogP contribution in [0.25, 0.3) is 0 Å². The Bertz CT molecular complexity index is 471. The van der Waals surface area contributed by atoms with Crippen molar-refractivity contribution in [1.29, 1.82) is 0 Å². The van der Waals surface area contributed by atoms with Gasteiger partial charge in [-0.25, -0.2) is 0 Å². The molecule has 0 radical (unpaired) electrons. The van der Waals surface area contributed by atoms with Crippen molar-refractivity contribution in [2.24, 2.45) is 0 Å². The van der Waals surface area contributed by atoms with E-state index in [0.29, 0.717) is 0 Å². The molecule has 0 heterocycles. The van der Waals surface area contributed by atoms with E-state index in [1.54, 1.807) is 193 Å².